The monoisotopic (exact) mass is 359 g/mol. The third-order valence-electron chi connectivity index (χ3n) is 4.36. The Kier molecular flexibility index (Phi) is 4.77. The van der Waals surface area contributed by atoms with Crippen LogP contribution in [0.4, 0.5) is 17.1 Å². The smallest absolute Gasteiger partial charge is 0.246 e. The number of benzene rings is 2. The second-order valence-corrected chi connectivity index (χ2v) is 6.84. The van der Waals surface area contributed by atoms with E-state index >= 15 is 0 Å². The van der Waals surface area contributed by atoms with E-state index in [1.807, 2.05) is 49.9 Å². The van der Waals surface area contributed by atoms with Gasteiger partial charge in [-0.3, -0.25) is 4.79 Å². The molecule has 0 saturated carbocycles. The first-order valence-corrected chi connectivity index (χ1v) is 8.63. The second-order valence-electron chi connectivity index (χ2n) is 6.44. The molecule has 0 spiro atoms. The van der Waals surface area contributed by atoms with Crippen LogP contribution in [0.25, 0.3) is 0 Å². The number of fused-ring (bicyclic) bond motifs is 1. The highest BCUT2D eigenvalue weighted by Gasteiger charge is 2.30. The molecule has 2 aromatic carbocycles. The van der Waals surface area contributed by atoms with Gasteiger partial charge in [-0.15, -0.1) is 0 Å². The highest BCUT2D eigenvalue weighted by Crippen LogP contribution is 2.36. The molecule has 0 fully saturated rings. The van der Waals surface area contributed by atoms with Gasteiger partial charge in [0.25, 0.3) is 0 Å². The Morgan fingerprint density at radius 1 is 1.36 bits per heavy atom. The first-order chi connectivity index (χ1) is 11.8. The minimum atomic E-state index is -0.367. The van der Waals surface area contributed by atoms with Gasteiger partial charge in [0.2, 0.25) is 5.91 Å². The summed E-state index contributed by atoms with van der Waals surface area (Å²) in [5, 5.41) is 3.56. The molecule has 3 N–H and O–H groups in total. The zero-order valence-corrected chi connectivity index (χ0v) is 15.3. The SMILES string of the molecule is Cc1ccc(NC(=O)C(C)N2CC(C)Oc3cc(N)ccc32)cc1Cl. The normalized spacial score (nSPS) is 17.4. The van der Waals surface area contributed by atoms with E-state index in [1.54, 1.807) is 12.1 Å². The summed E-state index contributed by atoms with van der Waals surface area (Å²) < 4.78 is 5.85. The van der Waals surface area contributed by atoms with Crippen LogP contribution >= 0.6 is 11.6 Å². The molecular weight excluding hydrogens is 338 g/mol. The van der Waals surface area contributed by atoms with Crippen LogP contribution < -0.4 is 20.7 Å². The van der Waals surface area contributed by atoms with Crippen molar-refractivity contribution in [2.24, 2.45) is 0 Å². The molecule has 0 bridgehead atoms. The van der Waals surface area contributed by atoms with E-state index < -0.39 is 0 Å². The van der Waals surface area contributed by atoms with Crippen LogP contribution in [0.5, 0.6) is 5.75 Å². The summed E-state index contributed by atoms with van der Waals surface area (Å²) in [5.41, 5.74) is 9.02. The number of nitrogens with one attached hydrogen (secondary N) is 1. The number of anilines is 3. The fourth-order valence-corrected chi connectivity index (χ4v) is 3.10. The number of hydrogen-bond donors (Lipinski definition) is 2. The molecule has 25 heavy (non-hydrogen) atoms. The van der Waals surface area contributed by atoms with Gasteiger partial charge in [0.05, 0.1) is 12.2 Å². The molecule has 6 heteroatoms. The number of rotatable bonds is 3. The van der Waals surface area contributed by atoms with Gasteiger partial charge in [-0.25, -0.2) is 0 Å². The fourth-order valence-electron chi connectivity index (χ4n) is 2.92. The third-order valence-corrected chi connectivity index (χ3v) is 4.77. The molecule has 1 aliphatic rings. The Hall–Kier alpha value is -2.40. The maximum atomic E-state index is 12.7. The Morgan fingerprint density at radius 2 is 2.12 bits per heavy atom. The predicted octanol–water partition coefficient (Wildman–Crippen LogP) is 3.85. The van der Waals surface area contributed by atoms with E-state index in [-0.39, 0.29) is 18.1 Å². The molecule has 0 aliphatic carbocycles. The number of nitrogens with zero attached hydrogens (tertiary/aromatic N) is 1. The van der Waals surface area contributed by atoms with Gasteiger partial charge in [0.15, 0.2) is 0 Å². The van der Waals surface area contributed by atoms with Gasteiger partial charge in [0.1, 0.15) is 17.9 Å². The number of halogens is 1. The highest BCUT2D eigenvalue weighted by molar-refractivity contribution is 6.31. The number of amides is 1. The van der Waals surface area contributed by atoms with Crippen molar-refractivity contribution < 1.29 is 9.53 Å². The summed E-state index contributed by atoms with van der Waals surface area (Å²) in [6.45, 7) is 6.40. The largest absolute Gasteiger partial charge is 0.487 e. The molecule has 0 radical (unpaired) electrons. The van der Waals surface area contributed by atoms with E-state index in [2.05, 4.69) is 5.32 Å². The van der Waals surface area contributed by atoms with Gasteiger partial charge < -0.3 is 20.7 Å². The zero-order valence-electron chi connectivity index (χ0n) is 14.5. The zero-order chi connectivity index (χ0) is 18.1. The topological polar surface area (TPSA) is 67.6 Å². The summed E-state index contributed by atoms with van der Waals surface area (Å²) in [7, 11) is 0. The average molecular weight is 360 g/mol. The number of carbonyl (C=O) groups is 1. The van der Waals surface area contributed by atoms with Crippen LogP contribution in [-0.2, 0) is 4.79 Å². The summed E-state index contributed by atoms with van der Waals surface area (Å²) in [4.78, 5) is 14.8. The lowest BCUT2D eigenvalue weighted by atomic mass is 10.1. The van der Waals surface area contributed by atoms with Crippen molar-refractivity contribution in [3.8, 4) is 5.75 Å². The number of carbonyl (C=O) groups excluding carboxylic acids is 1. The van der Waals surface area contributed by atoms with Gasteiger partial charge in [0, 0.05) is 22.5 Å². The molecule has 0 saturated heterocycles. The average Bonchev–Trinajstić information content (AvgIpc) is 2.56. The fraction of sp³-hybridized carbons (Fsp3) is 0.316. The summed E-state index contributed by atoms with van der Waals surface area (Å²) >= 11 is 6.14. The lowest BCUT2D eigenvalue weighted by molar-refractivity contribution is -0.117. The van der Waals surface area contributed by atoms with Gasteiger partial charge >= 0.3 is 0 Å². The molecule has 2 unspecified atom stereocenters. The lowest BCUT2D eigenvalue weighted by Gasteiger charge is -2.38. The number of hydrogen-bond acceptors (Lipinski definition) is 4. The minimum Gasteiger partial charge on any atom is -0.487 e. The van der Waals surface area contributed by atoms with Crippen LogP contribution in [0.2, 0.25) is 5.02 Å². The van der Waals surface area contributed by atoms with Crippen molar-refractivity contribution in [1.82, 2.24) is 0 Å². The van der Waals surface area contributed by atoms with Crippen molar-refractivity contribution in [3.05, 3.63) is 47.0 Å². The molecule has 1 aliphatic heterocycles. The first kappa shape index (κ1) is 17.4. The van der Waals surface area contributed by atoms with E-state index in [4.69, 9.17) is 22.1 Å². The Bertz CT molecular complexity index is 809. The first-order valence-electron chi connectivity index (χ1n) is 8.25. The van der Waals surface area contributed by atoms with Crippen LogP contribution in [0.1, 0.15) is 19.4 Å². The lowest BCUT2D eigenvalue weighted by Crippen LogP contribution is -2.48. The number of aryl methyl sites for hydroxylation is 1. The molecule has 2 aromatic rings. The molecule has 2 atom stereocenters. The van der Waals surface area contributed by atoms with Crippen LogP contribution in [-0.4, -0.2) is 24.6 Å². The van der Waals surface area contributed by atoms with Gasteiger partial charge in [-0.2, -0.15) is 0 Å². The van der Waals surface area contributed by atoms with Crippen LogP contribution in [0.3, 0.4) is 0 Å². The predicted molar refractivity (Wildman–Crippen MR) is 103 cm³/mol. The molecule has 132 valence electrons. The van der Waals surface area contributed by atoms with Crippen molar-refractivity contribution in [2.45, 2.75) is 32.9 Å². The standard InChI is InChI=1S/C19H22ClN3O2/c1-11-4-6-15(9-16(11)20)22-19(24)13(3)23-10-12(2)25-18-8-14(21)5-7-17(18)23/h4-9,12-13H,10,21H2,1-3H3,(H,22,24). The van der Waals surface area contributed by atoms with Crippen molar-refractivity contribution in [3.63, 3.8) is 0 Å². The number of ether oxygens (including phenoxy) is 1. The van der Waals surface area contributed by atoms with E-state index in [9.17, 15) is 4.79 Å². The van der Waals surface area contributed by atoms with E-state index in [0.717, 1.165) is 11.3 Å². The summed E-state index contributed by atoms with van der Waals surface area (Å²) in [6, 6.07) is 10.6. The number of nitrogen functional groups attached to an aromatic ring is 1. The van der Waals surface area contributed by atoms with Gasteiger partial charge in [-0.1, -0.05) is 17.7 Å². The molecule has 1 amide bonds. The van der Waals surface area contributed by atoms with Gasteiger partial charge in [-0.05, 0) is 50.6 Å². The minimum absolute atomic E-state index is 0.0293. The van der Waals surface area contributed by atoms with E-state index in [1.165, 1.54) is 0 Å². The maximum Gasteiger partial charge on any atom is 0.246 e. The molecule has 1 heterocycles. The Balaban J connectivity index is 1.81. The number of nitrogens with two attached hydrogens (primary N) is 1. The van der Waals surface area contributed by atoms with Crippen molar-refractivity contribution in [2.75, 3.05) is 22.5 Å². The third kappa shape index (κ3) is 3.66. The Labute approximate surface area is 152 Å². The second kappa shape index (κ2) is 6.84. The molecular formula is C19H22ClN3O2. The molecule has 3 rings (SSSR count). The summed E-state index contributed by atoms with van der Waals surface area (Å²) in [5.74, 6) is 0.605. The molecule has 0 aromatic heterocycles. The van der Waals surface area contributed by atoms with Crippen LogP contribution in [0.15, 0.2) is 36.4 Å². The van der Waals surface area contributed by atoms with Crippen LogP contribution in [0, 0.1) is 6.92 Å². The van der Waals surface area contributed by atoms with Crippen molar-refractivity contribution >= 4 is 34.6 Å². The highest BCUT2D eigenvalue weighted by atomic mass is 35.5. The van der Waals surface area contributed by atoms with E-state index in [0.29, 0.717) is 28.7 Å². The quantitative estimate of drug-likeness (QED) is 0.817. The van der Waals surface area contributed by atoms with Crippen molar-refractivity contribution in [1.29, 1.82) is 0 Å². The summed E-state index contributed by atoms with van der Waals surface area (Å²) in [6.07, 6.45) is -0.0293. The maximum absolute atomic E-state index is 12.7. The molecule has 5 nitrogen and oxygen atoms in total. The Morgan fingerprint density at radius 3 is 2.84 bits per heavy atom.